The number of hydrogen-bond acceptors (Lipinski definition) is 5. The maximum Gasteiger partial charge on any atom is 0.350 e. The van der Waals surface area contributed by atoms with Crippen molar-refractivity contribution in [3.05, 3.63) is 29.1 Å². The van der Waals surface area contributed by atoms with E-state index in [2.05, 4.69) is 10.6 Å². The first-order valence-corrected chi connectivity index (χ1v) is 7.66. The van der Waals surface area contributed by atoms with E-state index < -0.39 is 5.97 Å². The molecule has 1 aliphatic heterocycles. The first-order valence-electron chi connectivity index (χ1n) is 6.85. The van der Waals surface area contributed by atoms with Gasteiger partial charge in [0.2, 0.25) is 5.91 Å². The summed E-state index contributed by atoms with van der Waals surface area (Å²) in [7, 11) is 1.34. The molecule has 1 amide bonds. The van der Waals surface area contributed by atoms with Gasteiger partial charge in [-0.3, -0.25) is 4.79 Å². The molecule has 2 aromatic rings. The average Bonchev–Trinajstić information content (AvgIpc) is 3.15. The summed E-state index contributed by atoms with van der Waals surface area (Å²) in [4.78, 5) is 24.7. The molecular formula is C15H16N2O3S. The lowest BCUT2D eigenvalue weighted by Gasteiger charge is -2.11. The fraction of sp³-hybridized carbons (Fsp3) is 0.333. The van der Waals surface area contributed by atoms with Crippen LogP contribution < -0.4 is 10.6 Å². The zero-order chi connectivity index (χ0) is 14.8. The Morgan fingerprint density at radius 2 is 2.19 bits per heavy atom. The van der Waals surface area contributed by atoms with Crippen LogP contribution in [0.3, 0.4) is 0 Å². The molecule has 0 spiro atoms. The molecule has 2 N–H and O–H groups in total. The highest BCUT2D eigenvalue weighted by atomic mass is 32.1. The van der Waals surface area contributed by atoms with E-state index in [-0.39, 0.29) is 11.9 Å². The Balaban J connectivity index is 1.98. The van der Waals surface area contributed by atoms with E-state index in [1.165, 1.54) is 18.4 Å². The number of thiophene rings is 1. The van der Waals surface area contributed by atoms with Crippen molar-refractivity contribution in [2.75, 3.05) is 19.0 Å². The predicted molar refractivity (Wildman–Crippen MR) is 82.8 cm³/mol. The molecule has 6 heteroatoms. The number of hydrogen-bond donors (Lipinski definition) is 2. The Morgan fingerprint density at radius 3 is 2.90 bits per heavy atom. The smallest absolute Gasteiger partial charge is 0.350 e. The molecule has 1 aromatic heterocycles. The number of carbonyl (C=O) groups excluding carboxylic acids is 2. The molecule has 21 heavy (non-hydrogen) atoms. The van der Waals surface area contributed by atoms with Gasteiger partial charge in [-0.15, -0.1) is 11.3 Å². The lowest BCUT2D eigenvalue weighted by atomic mass is 10.2. The van der Waals surface area contributed by atoms with Gasteiger partial charge in [0, 0.05) is 10.1 Å². The van der Waals surface area contributed by atoms with E-state index in [4.69, 9.17) is 4.74 Å². The zero-order valence-electron chi connectivity index (χ0n) is 11.6. The number of nitrogens with one attached hydrogen (secondary N) is 2. The van der Waals surface area contributed by atoms with Crippen molar-refractivity contribution in [3.63, 3.8) is 0 Å². The summed E-state index contributed by atoms with van der Waals surface area (Å²) < 4.78 is 5.77. The van der Waals surface area contributed by atoms with Crippen LogP contribution in [0.4, 0.5) is 5.69 Å². The number of rotatable bonds is 3. The van der Waals surface area contributed by atoms with E-state index >= 15 is 0 Å². The van der Waals surface area contributed by atoms with E-state index in [0.29, 0.717) is 10.6 Å². The third-order valence-electron chi connectivity index (χ3n) is 3.59. The van der Waals surface area contributed by atoms with Crippen molar-refractivity contribution in [1.29, 1.82) is 0 Å². The number of esters is 1. The predicted octanol–water partition coefficient (Wildman–Crippen LogP) is 2.38. The third-order valence-corrected chi connectivity index (χ3v) is 4.74. The molecule has 1 saturated heterocycles. The van der Waals surface area contributed by atoms with Gasteiger partial charge in [0.15, 0.2) is 0 Å². The fourth-order valence-corrected chi connectivity index (χ4v) is 3.60. The summed E-state index contributed by atoms with van der Waals surface area (Å²) >= 11 is 1.33. The highest BCUT2D eigenvalue weighted by Crippen LogP contribution is 2.36. The quantitative estimate of drug-likeness (QED) is 0.854. The lowest BCUT2D eigenvalue weighted by Crippen LogP contribution is -2.35. The van der Waals surface area contributed by atoms with Crippen LogP contribution in [0.25, 0.3) is 10.1 Å². The Labute approximate surface area is 126 Å². The molecule has 1 atom stereocenters. The van der Waals surface area contributed by atoms with Crippen molar-refractivity contribution >= 4 is 39.0 Å². The monoisotopic (exact) mass is 304 g/mol. The van der Waals surface area contributed by atoms with Gasteiger partial charge < -0.3 is 15.4 Å². The maximum atomic E-state index is 12.3. The molecule has 1 aromatic carbocycles. The number of benzene rings is 1. The second-order valence-electron chi connectivity index (χ2n) is 4.93. The van der Waals surface area contributed by atoms with Crippen LogP contribution in [0.2, 0.25) is 0 Å². The number of amides is 1. The summed E-state index contributed by atoms with van der Waals surface area (Å²) in [5.41, 5.74) is 0.557. The molecule has 3 rings (SSSR count). The molecule has 1 aliphatic rings. The third kappa shape index (κ3) is 2.64. The van der Waals surface area contributed by atoms with Crippen LogP contribution >= 0.6 is 11.3 Å². The van der Waals surface area contributed by atoms with Gasteiger partial charge in [-0.25, -0.2) is 4.79 Å². The van der Waals surface area contributed by atoms with Crippen molar-refractivity contribution in [2.45, 2.75) is 18.9 Å². The average molecular weight is 304 g/mol. The second-order valence-corrected chi connectivity index (χ2v) is 5.98. The topological polar surface area (TPSA) is 67.4 Å². The van der Waals surface area contributed by atoms with E-state index in [1.54, 1.807) is 0 Å². The normalized spacial score (nSPS) is 17.9. The molecule has 2 heterocycles. The number of ether oxygens (including phenoxy) is 1. The number of methoxy groups -OCH3 is 1. The van der Waals surface area contributed by atoms with Crippen LogP contribution in [0.1, 0.15) is 22.5 Å². The zero-order valence-corrected chi connectivity index (χ0v) is 12.5. The Bertz CT molecular complexity index is 689. The minimum atomic E-state index is -0.425. The van der Waals surface area contributed by atoms with Gasteiger partial charge in [0.1, 0.15) is 4.88 Å². The van der Waals surface area contributed by atoms with Crippen molar-refractivity contribution in [1.82, 2.24) is 5.32 Å². The number of anilines is 1. The minimum Gasteiger partial charge on any atom is -0.465 e. The number of carbonyl (C=O) groups is 2. The fourth-order valence-electron chi connectivity index (χ4n) is 2.52. The van der Waals surface area contributed by atoms with Crippen molar-refractivity contribution in [3.8, 4) is 0 Å². The lowest BCUT2D eigenvalue weighted by molar-refractivity contribution is -0.117. The summed E-state index contributed by atoms with van der Waals surface area (Å²) in [6, 6.07) is 7.43. The second kappa shape index (κ2) is 5.83. The standard InChI is InChI=1S/C15H16N2O3S/c1-20-15(19)13-12(9-5-2-3-7-11(9)21-13)17-14(18)10-6-4-8-16-10/h2-3,5,7,10,16H,4,6,8H2,1H3,(H,17,18)/t10-/m1/s1. The van der Waals surface area contributed by atoms with Gasteiger partial charge in [-0.05, 0) is 25.5 Å². The molecule has 0 bridgehead atoms. The van der Waals surface area contributed by atoms with Crippen LogP contribution in [-0.4, -0.2) is 31.6 Å². The van der Waals surface area contributed by atoms with Crippen LogP contribution in [0, 0.1) is 0 Å². The minimum absolute atomic E-state index is 0.0961. The molecule has 0 radical (unpaired) electrons. The Kier molecular flexibility index (Phi) is 3.90. The first kappa shape index (κ1) is 14.0. The number of fused-ring (bicyclic) bond motifs is 1. The van der Waals surface area contributed by atoms with E-state index in [9.17, 15) is 9.59 Å². The molecular weight excluding hydrogens is 288 g/mol. The molecule has 0 unspecified atom stereocenters. The maximum absolute atomic E-state index is 12.3. The van der Waals surface area contributed by atoms with E-state index in [0.717, 1.165) is 29.5 Å². The van der Waals surface area contributed by atoms with Crippen LogP contribution in [-0.2, 0) is 9.53 Å². The van der Waals surface area contributed by atoms with Gasteiger partial charge in [-0.2, -0.15) is 0 Å². The molecule has 110 valence electrons. The van der Waals surface area contributed by atoms with Gasteiger partial charge in [-0.1, -0.05) is 18.2 Å². The van der Waals surface area contributed by atoms with Crippen molar-refractivity contribution < 1.29 is 14.3 Å². The molecule has 5 nitrogen and oxygen atoms in total. The summed E-state index contributed by atoms with van der Waals surface area (Å²) in [6.07, 6.45) is 1.81. The Morgan fingerprint density at radius 1 is 1.38 bits per heavy atom. The summed E-state index contributed by atoms with van der Waals surface area (Å²) in [5.74, 6) is -0.521. The van der Waals surface area contributed by atoms with Crippen LogP contribution in [0.5, 0.6) is 0 Å². The van der Waals surface area contributed by atoms with E-state index in [1.807, 2.05) is 24.3 Å². The Hall–Kier alpha value is -1.92. The molecule has 1 fully saturated rings. The van der Waals surface area contributed by atoms with Crippen molar-refractivity contribution in [2.24, 2.45) is 0 Å². The summed E-state index contributed by atoms with van der Waals surface area (Å²) in [5, 5.41) is 6.92. The highest BCUT2D eigenvalue weighted by molar-refractivity contribution is 7.21. The SMILES string of the molecule is COC(=O)c1sc2ccccc2c1NC(=O)[C@H]1CCCN1. The summed E-state index contributed by atoms with van der Waals surface area (Å²) in [6.45, 7) is 0.854. The molecule has 0 aliphatic carbocycles. The first-order chi connectivity index (χ1) is 10.2. The largest absolute Gasteiger partial charge is 0.465 e. The molecule has 0 saturated carbocycles. The van der Waals surface area contributed by atoms with Gasteiger partial charge in [0.25, 0.3) is 0 Å². The van der Waals surface area contributed by atoms with Gasteiger partial charge in [0.05, 0.1) is 18.8 Å². The van der Waals surface area contributed by atoms with Gasteiger partial charge >= 0.3 is 5.97 Å². The highest BCUT2D eigenvalue weighted by Gasteiger charge is 2.26. The van der Waals surface area contributed by atoms with Crippen LogP contribution in [0.15, 0.2) is 24.3 Å².